The second-order valence-electron chi connectivity index (χ2n) is 2.28. The molecule has 1 aromatic carbocycles. The average molecular weight is 255 g/mol. The number of carbonyl (C=O) groups excluding carboxylic acids is 1. The van der Waals surface area contributed by atoms with Gasteiger partial charge in [0.15, 0.2) is 0 Å². The third kappa shape index (κ3) is 13.2. The minimum Gasteiger partial charge on any atom is -0.565 e. The molecule has 0 bridgehead atoms. The first kappa shape index (κ1) is 17.6. The van der Waals surface area contributed by atoms with E-state index in [0.717, 1.165) is 5.56 Å². The van der Waals surface area contributed by atoms with Crippen LogP contribution in [-0.2, 0) is 11.3 Å². The van der Waals surface area contributed by atoms with Crippen LogP contribution in [0.3, 0.4) is 0 Å². The molecule has 0 saturated carbocycles. The van der Waals surface area contributed by atoms with Crippen molar-refractivity contribution in [3.63, 3.8) is 0 Å². The standard InChI is InChI=1S/C8H7ClO2.CH2O3.Na/c9-8(10)11-6-7-4-2-1-3-5-7;2-1(3)4;/h1-5H,6H2;(H2,2,3,4);/q;;+1/p-1. The normalized spacial score (nSPS) is 7.81. The van der Waals surface area contributed by atoms with Crippen LogP contribution in [0.15, 0.2) is 30.3 Å². The Morgan fingerprint density at radius 2 is 1.75 bits per heavy atom. The third-order valence-electron chi connectivity index (χ3n) is 1.20. The molecule has 0 spiro atoms. The average Bonchev–Trinajstić information content (AvgIpc) is 2.15. The van der Waals surface area contributed by atoms with Gasteiger partial charge in [0.1, 0.15) is 6.61 Å². The Hall–Kier alpha value is -0.750. The number of rotatable bonds is 2. The van der Waals surface area contributed by atoms with Crippen molar-refractivity contribution in [2.24, 2.45) is 0 Å². The zero-order valence-corrected chi connectivity index (χ0v) is 11.3. The van der Waals surface area contributed by atoms with Gasteiger partial charge in [0.25, 0.3) is 0 Å². The van der Waals surface area contributed by atoms with E-state index in [0.29, 0.717) is 0 Å². The molecule has 0 aliphatic rings. The Balaban J connectivity index is 0. The van der Waals surface area contributed by atoms with E-state index >= 15 is 0 Å². The number of benzene rings is 1. The Morgan fingerprint density at radius 3 is 2.12 bits per heavy atom. The molecular formula is C9H8ClNaO5. The van der Waals surface area contributed by atoms with Crippen LogP contribution in [0.25, 0.3) is 0 Å². The quantitative estimate of drug-likeness (QED) is 0.510. The summed E-state index contributed by atoms with van der Waals surface area (Å²) in [6.45, 7) is 0.239. The number of hydrogen-bond acceptors (Lipinski definition) is 4. The SMILES string of the molecule is O=C(Cl)OCc1ccccc1.O=C([O-])O.[Na+]. The van der Waals surface area contributed by atoms with E-state index in [4.69, 9.17) is 26.6 Å². The van der Waals surface area contributed by atoms with Gasteiger partial charge < -0.3 is 19.7 Å². The molecule has 0 heterocycles. The summed E-state index contributed by atoms with van der Waals surface area (Å²) in [5, 5.41) is 15.3. The van der Waals surface area contributed by atoms with Gasteiger partial charge >= 0.3 is 35.0 Å². The van der Waals surface area contributed by atoms with Crippen LogP contribution in [-0.4, -0.2) is 16.7 Å². The fourth-order valence-electron chi connectivity index (χ4n) is 0.714. The molecule has 0 atom stereocenters. The largest absolute Gasteiger partial charge is 1.00 e. The molecule has 0 fully saturated rings. The molecule has 0 radical (unpaired) electrons. The number of hydrogen-bond donors (Lipinski definition) is 1. The van der Waals surface area contributed by atoms with Crippen molar-refractivity contribution >= 4 is 23.2 Å². The monoisotopic (exact) mass is 254 g/mol. The maximum Gasteiger partial charge on any atom is 1.00 e. The van der Waals surface area contributed by atoms with Crippen LogP contribution in [0.4, 0.5) is 9.59 Å². The van der Waals surface area contributed by atoms with Crippen molar-refractivity contribution in [1.29, 1.82) is 0 Å². The smallest absolute Gasteiger partial charge is 0.565 e. The second-order valence-corrected chi connectivity index (χ2v) is 2.59. The number of halogens is 1. The van der Waals surface area contributed by atoms with E-state index in [-0.39, 0.29) is 36.2 Å². The molecule has 1 aromatic rings. The van der Waals surface area contributed by atoms with E-state index in [1.54, 1.807) is 0 Å². The van der Waals surface area contributed by atoms with Gasteiger partial charge in [-0.25, -0.2) is 4.79 Å². The molecule has 0 saturated heterocycles. The molecule has 16 heavy (non-hydrogen) atoms. The van der Waals surface area contributed by atoms with Gasteiger partial charge in [-0.1, -0.05) is 30.3 Å². The van der Waals surface area contributed by atoms with Crippen LogP contribution < -0.4 is 34.7 Å². The minimum absolute atomic E-state index is 0. The van der Waals surface area contributed by atoms with Gasteiger partial charge in [-0.15, -0.1) is 0 Å². The molecular weight excluding hydrogens is 247 g/mol. The van der Waals surface area contributed by atoms with Crippen molar-refractivity contribution in [2.45, 2.75) is 6.61 Å². The van der Waals surface area contributed by atoms with Gasteiger partial charge in [-0.2, -0.15) is 0 Å². The van der Waals surface area contributed by atoms with Crippen molar-refractivity contribution in [3.05, 3.63) is 35.9 Å². The van der Waals surface area contributed by atoms with E-state index in [1.807, 2.05) is 30.3 Å². The molecule has 0 aliphatic heterocycles. The van der Waals surface area contributed by atoms with Crippen molar-refractivity contribution in [1.82, 2.24) is 0 Å². The van der Waals surface area contributed by atoms with Crippen LogP contribution >= 0.6 is 11.6 Å². The van der Waals surface area contributed by atoms with Gasteiger partial charge in [0, 0.05) is 11.6 Å². The maximum absolute atomic E-state index is 10.2. The topological polar surface area (TPSA) is 86.7 Å². The maximum atomic E-state index is 10.2. The van der Waals surface area contributed by atoms with Crippen molar-refractivity contribution < 1.29 is 54.1 Å². The van der Waals surface area contributed by atoms with Crippen LogP contribution in [0, 0.1) is 0 Å². The van der Waals surface area contributed by atoms with Crippen LogP contribution in [0.5, 0.6) is 0 Å². The molecule has 1 rings (SSSR count). The summed E-state index contributed by atoms with van der Waals surface area (Å²) < 4.78 is 4.55. The predicted molar refractivity (Wildman–Crippen MR) is 50.5 cm³/mol. The summed E-state index contributed by atoms with van der Waals surface area (Å²) in [7, 11) is 0. The van der Waals surface area contributed by atoms with Gasteiger partial charge in [0.2, 0.25) is 6.16 Å². The number of ether oxygens (including phenoxy) is 1. The molecule has 7 heteroatoms. The first-order valence-corrected chi connectivity index (χ1v) is 4.16. The Morgan fingerprint density at radius 1 is 1.31 bits per heavy atom. The van der Waals surface area contributed by atoms with E-state index in [2.05, 4.69) is 4.74 Å². The molecule has 5 nitrogen and oxygen atoms in total. The molecule has 0 unspecified atom stereocenters. The van der Waals surface area contributed by atoms with E-state index < -0.39 is 11.6 Å². The summed E-state index contributed by atoms with van der Waals surface area (Å²) >= 11 is 4.97. The van der Waals surface area contributed by atoms with Gasteiger partial charge in [-0.3, -0.25) is 0 Å². The van der Waals surface area contributed by atoms with Crippen LogP contribution in [0.2, 0.25) is 0 Å². The predicted octanol–water partition coefficient (Wildman–Crippen LogP) is -1.55. The fraction of sp³-hybridized carbons (Fsp3) is 0.111. The summed E-state index contributed by atoms with van der Waals surface area (Å²) in [6.07, 6.45) is -2.08. The summed E-state index contributed by atoms with van der Waals surface area (Å²) in [5.74, 6) is 0. The summed E-state index contributed by atoms with van der Waals surface area (Å²) in [4.78, 5) is 18.6. The number of carbonyl (C=O) groups is 2. The van der Waals surface area contributed by atoms with Crippen molar-refractivity contribution in [2.75, 3.05) is 0 Å². The minimum atomic E-state index is -2.08. The fourth-order valence-corrected chi connectivity index (χ4v) is 0.769. The molecule has 82 valence electrons. The Kier molecular flexibility index (Phi) is 11.9. The second kappa shape index (κ2) is 10.8. The van der Waals surface area contributed by atoms with Gasteiger partial charge in [0.05, 0.1) is 0 Å². The van der Waals surface area contributed by atoms with E-state index in [1.165, 1.54) is 0 Å². The zero-order chi connectivity index (χ0) is 11.7. The molecule has 0 aromatic heterocycles. The van der Waals surface area contributed by atoms with Crippen molar-refractivity contribution in [3.8, 4) is 0 Å². The summed E-state index contributed by atoms with van der Waals surface area (Å²) in [5.41, 5.74) is 0.162. The Bertz CT molecular complexity index is 313. The van der Waals surface area contributed by atoms with Gasteiger partial charge in [-0.05, 0) is 5.56 Å². The molecule has 0 amide bonds. The third-order valence-corrected chi connectivity index (χ3v) is 1.30. The first-order chi connectivity index (χ1) is 7.02. The zero-order valence-electron chi connectivity index (χ0n) is 8.55. The first-order valence-electron chi connectivity index (χ1n) is 3.78. The Labute approximate surface area is 119 Å². The van der Waals surface area contributed by atoms with E-state index in [9.17, 15) is 4.79 Å². The molecule has 0 aliphatic carbocycles. The molecule has 1 N–H and O–H groups in total. The summed E-state index contributed by atoms with van der Waals surface area (Å²) in [6, 6.07) is 9.36. The number of carboxylic acid groups (broad SMARTS) is 2. The van der Waals surface area contributed by atoms with Crippen LogP contribution in [0.1, 0.15) is 5.56 Å².